The molecule has 0 atom stereocenters. The first-order chi connectivity index (χ1) is 7.00. The summed E-state index contributed by atoms with van der Waals surface area (Å²) in [7, 11) is 0. The molecule has 0 aliphatic rings. The van der Waals surface area contributed by atoms with Gasteiger partial charge in [-0.2, -0.15) is 0 Å². The number of carboxylic acids is 1. The molecule has 80 valence electrons. The van der Waals surface area contributed by atoms with Gasteiger partial charge >= 0.3 is 11.9 Å². The third-order valence-corrected chi connectivity index (χ3v) is 1.92. The highest BCUT2D eigenvalue weighted by atomic mass is 35.5. The van der Waals surface area contributed by atoms with Crippen molar-refractivity contribution < 1.29 is 19.1 Å². The largest absolute Gasteiger partial charge is 0.474 e. The van der Waals surface area contributed by atoms with Crippen LogP contribution in [0, 0.1) is 5.82 Å². The van der Waals surface area contributed by atoms with Gasteiger partial charge in [-0.05, 0) is 17.7 Å². The van der Waals surface area contributed by atoms with Gasteiger partial charge in [0.25, 0.3) is 0 Å². The summed E-state index contributed by atoms with van der Waals surface area (Å²) in [6.07, 6.45) is 0. The van der Waals surface area contributed by atoms with Gasteiger partial charge in [0.1, 0.15) is 5.82 Å². The third kappa shape index (κ3) is 3.21. The number of halogens is 2. The predicted molar refractivity (Wildman–Crippen MR) is 50.9 cm³/mol. The lowest BCUT2D eigenvalue weighted by molar-refractivity contribution is -0.150. The van der Waals surface area contributed by atoms with E-state index in [4.69, 9.17) is 16.7 Å². The summed E-state index contributed by atoms with van der Waals surface area (Å²) in [4.78, 5) is 20.8. The van der Waals surface area contributed by atoms with E-state index >= 15 is 0 Å². The van der Waals surface area contributed by atoms with Crippen LogP contribution in [0.25, 0.3) is 0 Å². The lowest BCUT2D eigenvalue weighted by Crippen LogP contribution is -2.30. The Hall–Kier alpha value is -1.62. The fraction of sp³-hybridized carbons (Fsp3) is 0.111. The van der Waals surface area contributed by atoms with Crippen molar-refractivity contribution in [3.05, 3.63) is 34.6 Å². The Balaban J connectivity index is 2.62. The number of benzene rings is 1. The smallest absolute Gasteiger partial charge is 0.394 e. The number of nitrogens with one attached hydrogen (secondary N) is 1. The Bertz CT molecular complexity index is 408. The molecule has 0 saturated carbocycles. The van der Waals surface area contributed by atoms with E-state index in [1.165, 1.54) is 12.1 Å². The number of hydrogen-bond acceptors (Lipinski definition) is 2. The second-order valence-electron chi connectivity index (χ2n) is 2.74. The van der Waals surface area contributed by atoms with Crippen LogP contribution in [0.15, 0.2) is 18.2 Å². The molecular weight excluding hydrogens is 225 g/mol. The number of hydrogen-bond donors (Lipinski definition) is 2. The van der Waals surface area contributed by atoms with Crippen LogP contribution in [-0.4, -0.2) is 17.0 Å². The molecular formula is C9H7ClFNO3. The van der Waals surface area contributed by atoms with Crippen molar-refractivity contribution >= 4 is 23.5 Å². The fourth-order valence-electron chi connectivity index (χ4n) is 0.908. The molecule has 6 heteroatoms. The van der Waals surface area contributed by atoms with E-state index in [9.17, 15) is 14.0 Å². The second kappa shape index (κ2) is 4.75. The van der Waals surface area contributed by atoms with Gasteiger partial charge in [0.05, 0.1) is 5.02 Å². The normalized spacial score (nSPS) is 9.73. The molecule has 1 amide bonds. The van der Waals surface area contributed by atoms with E-state index in [0.29, 0.717) is 5.56 Å². The molecule has 15 heavy (non-hydrogen) atoms. The highest BCUT2D eigenvalue weighted by Crippen LogP contribution is 2.15. The topological polar surface area (TPSA) is 66.4 Å². The first kappa shape index (κ1) is 11.5. The zero-order valence-electron chi connectivity index (χ0n) is 7.46. The maximum atomic E-state index is 12.7. The van der Waals surface area contributed by atoms with Gasteiger partial charge in [-0.15, -0.1) is 0 Å². The molecule has 0 saturated heterocycles. The van der Waals surface area contributed by atoms with Gasteiger partial charge in [0.15, 0.2) is 0 Å². The molecule has 1 aromatic rings. The molecule has 0 unspecified atom stereocenters. The summed E-state index contributed by atoms with van der Waals surface area (Å²) in [5.74, 6) is -3.25. The van der Waals surface area contributed by atoms with E-state index in [1.54, 1.807) is 0 Å². The van der Waals surface area contributed by atoms with Gasteiger partial charge in [0, 0.05) is 6.54 Å². The molecule has 0 aliphatic carbocycles. The van der Waals surface area contributed by atoms with Gasteiger partial charge in [0.2, 0.25) is 0 Å². The first-order valence-electron chi connectivity index (χ1n) is 3.95. The molecule has 2 N–H and O–H groups in total. The van der Waals surface area contributed by atoms with E-state index in [0.717, 1.165) is 6.07 Å². The third-order valence-electron chi connectivity index (χ3n) is 1.63. The lowest BCUT2D eigenvalue weighted by Gasteiger charge is -2.03. The Labute approximate surface area is 89.7 Å². The Morgan fingerprint density at radius 3 is 2.67 bits per heavy atom. The molecule has 0 aromatic heterocycles. The Kier molecular flexibility index (Phi) is 3.62. The van der Waals surface area contributed by atoms with Crippen molar-refractivity contribution in [1.29, 1.82) is 0 Å². The van der Waals surface area contributed by atoms with Crippen molar-refractivity contribution in [2.45, 2.75) is 6.54 Å². The summed E-state index contributed by atoms with van der Waals surface area (Å²) in [6, 6.07) is 3.87. The molecule has 0 aliphatic heterocycles. The van der Waals surface area contributed by atoms with E-state index < -0.39 is 17.7 Å². The minimum Gasteiger partial charge on any atom is -0.474 e. The zero-order valence-corrected chi connectivity index (χ0v) is 8.21. The average Bonchev–Trinajstić information content (AvgIpc) is 2.19. The predicted octanol–water partition coefficient (Wildman–Crippen LogP) is 1.18. The van der Waals surface area contributed by atoms with Gasteiger partial charge in [-0.25, -0.2) is 9.18 Å². The van der Waals surface area contributed by atoms with Crippen LogP contribution in [0.1, 0.15) is 5.56 Å². The quantitative estimate of drug-likeness (QED) is 0.751. The SMILES string of the molecule is O=C(O)C(=O)NCc1ccc(F)c(Cl)c1. The highest BCUT2D eigenvalue weighted by molar-refractivity contribution is 6.31. The van der Waals surface area contributed by atoms with Crippen LogP contribution in [0.4, 0.5) is 4.39 Å². The molecule has 0 bridgehead atoms. The minimum atomic E-state index is -1.57. The number of aliphatic carboxylic acids is 1. The summed E-state index contributed by atoms with van der Waals surface area (Å²) in [5.41, 5.74) is 0.524. The van der Waals surface area contributed by atoms with E-state index in [-0.39, 0.29) is 11.6 Å². The monoisotopic (exact) mass is 231 g/mol. The number of carboxylic acid groups (broad SMARTS) is 1. The van der Waals surface area contributed by atoms with Crippen molar-refractivity contribution in [2.75, 3.05) is 0 Å². The van der Waals surface area contributed by atoms with Crippen molar-refractivity contribution in [3.63, 3.8) is 0 Å². The van der Waals surface area contributed by atoms with Crippen LogP contribution in [0.2, 0.25) is 5.02 Å². The molecule has 0 radical (unpaired) electrons. The molecule has 0 heterocycles. The number of rotatable bonds is 2. The summed E-state index contributed by atoms with van der Waals surface area (Å²) >= 11 is 5.49. The number of carbonyl (C=O) groups excluding carboxylic acids is 1. The van der Waals surface area contributed by atoms with Gasteiger partial charge in [-0.3, -0.25) is 4.79 Å². The van der Waals surface area contributed by atoms with Crippen LogP contribution < -0.4 is 5.32 Å². The summed E-state index contributed by atoms with van der Waals surface area (Å²) in [6.45, 7) is -0.00880. The van der Waals surface area contributed by atoms with Crippen LogP contribution >= 0.6 is 11.6 Å². The molecule has 1 aromatic carbocycles. The summed E-state index contributed by atoms with van der Waals surface area (Å²) < 4.78 is 12.7. The standard InChI is InChI=1S/C9H7ClFNO3/c10-6-3-5(1-2-7(6)11)4-12-8(13)9(14)15/h1-3H,4H2,(H,12,13)(H,14,15). The van der Waals surface area contributed by atoms with Gasteiger partial charge < -0.3 is 10.4 Å². The maximum Gasteiger partial charge on any atom is 0.394 e. The fourth-order valence-corrected chi connectivity index (χ4v) is 1.11. The van der Waals surface area contributed by atoms with Crippen molar-refractivity contribution in [2.24, 2.45) is 0 Å². The van der Waals surface area contributed by atoms with E-state index in [1.807, 2.05) is 0 Å². The Morgan fingerprint density at radius 1 is 1.47 bits per heavy atom. The number of carbonyl (C=O) groups is 2. The molecule has 0 fully saturated rings. The van der Waals surface area contributed by atoms with Gasteiger partial charge in [-0.1, -0.05) is 17.7 Å². The minimum absolute atomic E-state index is 0.00880. The highest BCUT2D eigenvalue weighted by Gasteiger charge is 2.10. The van der Waals surface area contributed by atoms with E-state index in [2.05, 4.69) is 5.32 Å². The maximum absolute atomic E-state index is 12.7. The Morgan fingerprint density at radius 2 is 2.13 bits per heavy atom. The van der Waals surface area contributed by atoms with Crippen molar-refractivity contribution in [3.8, 4) is 0 Å². The summed E-state index contributed by atoms with van der Waals surface area (Å²) in [5, 5.41) is 10.3. The lowest BCUT2D eigenvalue weighted by atomic mass is 10.2. The average molecular weight is 232 g/mol. The van der Waals surface area contributed by atoms with Crippen LogP contribution in [0.5, 0.6) is 0 Å². The molecule has 4 nitrogen and oxygen atoms in total. The number of amides is 1. The first-order valence-corrected chi connectivity index (χ1v) is 4.33. The zero-order chi connectivity index (χ0) is 11.4. The second-order valence-corrected chi connectivity index (χ2v) is 3.14. The van der Waals surface area contributed by atoms with Crippen molar-refractivity contribution in [1.82, 2.24) is 5.32 Å². The van der Waals surface area contributed by atoms with Crippen LogP contribution in [0.3, 0.4) is 0 Å². The molecule has 0 spiro atoms. The molecule has 1 rings (SSSR count). The van der Waals surface area contributed by atoms with Crippen LogP contribution in [-0.2, 0) is 16.1 Å².